The maximum atomic E-state index is 8.48. The van der Waals surface area contributed by atoms with E-state index in [1.807, 2.05) is 0 Å². The van der Waals surface area contributed by atoms with Gasteiger partial charge in [-0.1, -0.05) is 6.92 Å². The molecule has 1 aromatic rings. The van der Waals surface area contributed by atoms with E-state index in [1.165, 1.54) is 0 Å². The van der Waals surface area contributed by atoms with Crippen LogP contribution in [0.25, 0.3) is 0 Å². The molecule has 0 aliphatic heterocycles. The summed E-state index contributed by atoms with van der Waals surface area (Å²) in [7, 11) is 0. The molecule has 0 radical (unpaired) electrons. The third kappa shape index (κ3) is 2.28. The summed E-state index contributed by atoms with van der Waals surface area (Å²) in [6.45, 7) is 1.75. The van der Waals surface area contributed by atoms with Gasteiger partial charge in [0.1, 0.15) is 0 Å². The molecule has 0 atom stereocenters. The van der Waals surface area contributed by atoms with Crippen LogP contribution >= 0.6 is 0 Å². The van der Waals surface area contributed by atoms with Crippen molar-refractivity contribution in [1.82, 2.24) is 10.2 Å². The summed E-state index contributed by atoms with van der Waals surface area (Å²) in [5.74, 6) is -0.00231. The van der Waals surface area contributed by atoms with E-state index < -0.39 is 0 Å². The zero-order chi connectivity index (χ0) is 5.28. The summed E-state index contributed by atoms with van der Waals surface area (Å²) in [6.07, 6.45) is 0. The van der Waals surface area contributed by atoms with Gasteiger partial charge in [-0.05, 0) is 0 Å². The number of hydrogen-bond acceptors (Lipinski definition) is 2. The van der Waals surface area contributed by atoms with Crippen LogP contribution in [0.1, 0.15) is 5.69 Å². The molecule has 8 heavy (non-hydrogen) atoms. The normalized spacial score (nSPS) is 8.12. The van der Waals surface area contributed by atoms with E-state index in [2.05, 4.69) is 16.3 Å². The third-order valence-corrected chi connectivity index (χ3v) is 0.629. The molecule has 0 saturated heterocycles. The van der Waals surface area contributed by atoms with Crippen molar-refractivity contribution in [2.24, 2.45) is 0 Å². The first kappa shape index (κ1) is 8.65. The zero-order valence-corrected chi connectivity index (χ0v) is 8.02. The number of hydrogen-bond donors (Lipinski definition) is 2. The summed E-state index contributed by atoms with van der Waals surface area (Å²) < 4.78 is 0. The van der Waals surface area contributed by atoms with Gasteiger partial charge in [0, 0.05) is 5.88 Å². The van der Waals surface area contributed by atoms with Gasteiger partial charge in [-0.25, -0.2) is 5.10 Å². The fourth-order valence-corrected chi connectivity index (χ4v) is 0.364. The van der Waals surface area contributed by atoms with E-state index in [4.69, 9.17) is 5.11 Å². The molecule has 38 valence electrons. The topological polar surface area (TPSA) is 48.9 Å². The van der Waals surface area contributed by atoms with Crippen molar-refractivity contribution in [2.75, 3.05) is 0 Å². The number of rotatable bonds is 0. The Balaban J connectivity index is 0.000000490. The molecule has 0 aliphatic carbocycles. The second-order valence-corrected chi connectivity index (χ2v) is 1.28. The van der Waals surface area contributed by atoms with E-state index in [-0.39, 0.29) is 57.3 Å². The molecule has 0 unspecified atom stereocenters. The summed E-state index contributed by atoms with van der Waals surface area (Å²) >= 11 is 0. The van der Waals surface area contributed by atoms with Crippen molar-refractivity contribution in [3.63, 3.8) is 0 Å². The molecular formula is C4H5KN2O. The van der Waals surface area contributed by atoms with E-state index in [9.17, 15) is 0 Å². The number of aromatic hydroxyl groups is 1. The average molecular weight is 136 g/mol. The minimum atomic E-state index is -0.00231. The van der Waals surface area contributed by atoms with Crippen LogP contribution < -0.4 is 51.4 Å². The molecule has 0 aliphatic rings. The van der Waals surface area contributed by atoms with Crippen LogP contribution in [-0.2, 0) is 0 Å². The molecule has 2 N–H and O–H groups in total. The number of aromatic amines is 1. The Bertz CT molecular complexity index is 146. The number of nitrogens with zero attached hydrogens (tertiary/aromatic N) is 1. The fraction of sp³-hybridized carbons (Fsp3) is 0.250. The molecule has 4 heteroatoms. The summed E-state index contributed by atoms with van der Waals surface area (Å²) in [5, 5.41) is 14.4. The fourth-order valence-electron chi connectivity index (χ4n) is 0.364. The van der Waals surface area contributed by atoms with Crippen LogP contribution in [0.5, 0.6) is 5.88 Å². The van der Waals surface area contributed by atoms with Gasteiger partial charge in [0.05, 0.1) is 0 Å². The monoisotopic (exact) mass is 136 g/mol. The Kier molecular flexibility index (Phi) is 3.92. The van der Waals surface area contributed by atoms with Gasteiger partial charge in [-0.3, -0.25) is 5.10 Å². The number of H-pyrrole nitrogens is 1. The molecule has 0 bridgehead atoms. The van der Waals surface area contributed by atoms with Crippen LogP contribution in [0.15, 0.2) is 0 Å². The molecule has 1 rings (SSSR count). The van der Waals surface area contributed by atoms with Gasteiger partial charge in [-0.15, -0.1) is 5.69 Å². The first-order valence-corrected chi connectivity index (χ1v) is 1.92. The van der Waals surface area contributed by atoms with Gasteiger partial charge in [0.25, 0.3) is 0 Å². The second-order valence-electron chi connectivity index (χ2n) is 1.28. The maximum absolute atomic E-state index is 8.48. The standard InChI is InChI=1S/C4H5N2O.K/c1-3-2-4(7)6-5-3;/h1H3,(H2,5,6,7);/q-1;+1. The van der Waals surface area contributed by atoms with Crippen molar-refractivity contribution in [3.8, 4) is 5.88 Å². The molecule has 0 amide bonds. The van der Waals surface area contributed by atoms with Crippen molar-refractivity contribution < 1.29 is 56.5 Å². The first-order valence-electron chi connectivity index (χ1n) is 1.92. The van der Waals surface area contributed by atoms with Gasteiger partial charge in [0.2, 0.25) is 0 Å². The smallest absolute Gasteiger partial charge is 0.527 e. The van der Waals surface area contributed by atoms with Crippen molar-refractivity contribution in [1.29, 1.82) is 0 Å². The van der Waals surface area contributed by atoms with Crippen LogP contribution in [-0.4, -0.2) is 15.3 Å². The molecule has 0 fully saturated rings. The van der Waals surface area contributed by atoms with E-state index in [0.29, 0.717) is 5.69 Å². The van der Waals surface area contributed by atoms with Gasteiger partial charge < -0.3 is 11.2 Å². The molecule has 3 nitrogen and oxygen atoms in total. The predicted octanol–water partition coefficient (Wildman–Crippen LogP) is -2.77. The van der Waals surface area contributed by atoms with Crippen molar-refractivity contribution in [2.45, 2.75) is 6.92 Å². The molecular weight excluding hydrogens is 131 g/mol. The van der Waals surface area contributed by atoms with E-state index >= 15 is 0 Å². The molecule has 0 spiro atoms. The zero-order valence-electron chi connectivity index (χ0n) is 4.89. The Labute approximate surface area is 89.9 Å². The average Bonchev–Trinajstić information content (AvgIpc) is 1.87. The Hall–Kier alpha value is 0.646. The van der Waals surface area contributed by atoms with Crippen LogP contribution in [0.2, 0.25) is 0 Å². The second kappa shape index (κ2) is 3.63. The minimum absolute atomic E-state index is 0. The molecule has 1 heterocycles. The Morgan fingerprint density at radius 2 is 2.38 bits per heavy atom. The largest absolute Gasteiger partial charge is 1.00 e. The minimum Gasteiger partial charge on any atom is -0.527 e. The van der Waals surface area contributed by atoms with Gasteiger partial charge >= 0.3 is 51.4 Å². The van der Waals surface area contributed by atoms with E-state index in [0.717, 1.165) is 0 Å². The van der Waals surface area contributed by atoms with Crippen molar-refractivity contribution >= 4 is 0 Å². The molecule has 0 aromatic carbocycles. The SMILES string of the molecule is Cc1[c-]c(O)[nH]n1.[K+]. The third-order valence-electron chi connectivity index (χ3n) is 0.629. The first-order chi connectivity index (χ1) is 3.29. The summed E-state index contributed by atoms with van der Waals surface area (Å²) in [5.41, 5.74) is 0.678. The molecule has 0 saturated carbocycles. The van der Waals surface area contributed by atoms with Crippen LogP contribution in [0, 0.1) is 13.0 Å². The Morgan fingerprint density at radius 3 is 2.50 bits per heavy atom. The summed E-state index contributed by atoms with van der Waals surface area (Å²) in [6, 6.07) is 2.53. The molecule has 1 aromatic heterocycles. The number of aromatic nitrogens is 2. The summed E-state index contributed by atoms with van der Waals surface area (Å²) in [4.78, 5) is 0. The number of nitrogens with one attached hydrogen (secondary N) is 1. The predicted molar refractivity (Wildman–Crippen MR) is 23.8 cm³/mol. The van der Waals surface area contributed by atoms with Gasteiger partial charge in [0.15, 0.2) is 0 Å². The van der Waals surface area contributed by atoms with Crippen molar-refractivity contribution in [3.05, 3.63) is 11.8 Å². The number of aryl methyl sites for hydroxylation is 1. The quantitative estimate of drug-likeness (QED) is 0.299. The Morgan fingerprint density at radius 1 is 1.75 bits per heavy atom. The van der Waals surface area contributed by atoms with E-state index in [1.54, 1.807) is 6.92 Å². The van der Waals surface area contributed by atoms with Gasteiger partial charge in [-0.2, -0.15) is 0 Å². The van der Waals surface area contributed by atoms with Crippen LogP contribution in [0.3, 0.4) is 0 Å². The maximum Gasteiger partial charge on any atom is 1.00 e. The van der Waals surface area contributed by atoms with Crippen LogP contribution in [0.4, 0.5) is 0 Å².